The summed E-state index contributed by atoms with van der Waals surface area (Å²) in [5, 5.41) is 27.2. The Kier molecular flexibility index (Phi) is 4.19. The largest absolute Gasteiger partial charge is 0.396 e. The maximum Gasteiger partial charge on any atom is 0.269 e. The second-order valence-corrected chi connectivity index (χ2v) is 4.11. The van der Waals surface area contributed by atoms with Crippen LogP contribution >= 0.6 is 0 Å². The minimum atomic E-state index is -0.439. The molecule has 0 atom stereocenters. The highest BCUT2D eigenvalue weighted by Gasteiger charge is 2.06. The number of nitro benzene ring substituents is 1. The molecule has 2 rings (SSSR count). The summed E-state index contributed by atoms with van der Waals surface area (Å²) in [4.78, 5) is 10.1. The number of hydrogen-bond donors (Lipinski definition) is 1. The number of nitro groups is 1. The zero-order chi connectivity index (χ0) is 13.7. The number of aliphatic hydroxyl groups is 1. The van der Waals surface area contributed by atoms with Crippen molar-refractivity contribution in [2.75, 3.05) is 6.61 Å². The first-order valence-corrected chi connectivity index (χ1v) is 5.97. The van der Waals surface area contributed by atoms with E-state index in [-0.39, 0.29) is 12.3 Å². The van der Waals surface area contributed by atoms with E-state index < -0.39 is 4.92 Å². The highest BCUT2D eigenvalue weighted by atomic mass is 16.6. The van der Waals surface area contributed by atoms with Gasteiger partial charge in [-0.3, -0.25) is 10.1 Å². The second kappa shape index (κ2) is 6.05. The molecule has 0 aliphatic carbocycles. The van der Waals surface area contributed by atoms with Crippen molar-refractivity contribution >= 4 is 5.69 Å². The smallest absolute Gasteiger partial charge is 0.269 e. The lowest BCUT2D eigenvalue weighted by Gasteiger charge is -1.98. The summed E-state index contributed by atoms with van der Waals surface area (Å²) in [6.45, 7) is 0.177. The Morgan fingerprint density at radius 3 is 2.63 bits per heavy atom. The molecule has 0 unspecified atom stereocenters. The highest BCUT2D eigenvalue weighted by Crippen LogP contribution is 2.14. The fourth-order valence-electron chi connectivity index (χ4n) is 1.68. The quantitative estimate of drug-likeness (QED) is 0.483. The van der Waals surface area contributed by atoms with Crippen LogP contribution in [0, 0.1) is 10.1 Å². The van der Waals surface area contributed by atoms with Crippen molar-refractivity contribution in [3.63, 3.8) is 0 Å². The Hall–Kier alpha value is -2.28. The molecular weight excluding hydrogens is 248 g/mol. The van der Waals surface area contributed by atoms with Crippen LogP contribution in [0.4, 0.5) is 5.69 Å². The van der Waals surface area contributed by atoms with Crippen LogP contribution in [0.1, 0.15) is 18.5 Å². The molecule has 0 saturated carbocycles. The van der Waals surface area contributed by atoms with E-state index in [2.05, 4.69) is 10.3 Å². The van der Waals surface area contributed by atoms with E-state index in [1.807, 2.05) is 0 Å². The maximum absolute atomic E-state index is 10.5. The molecule has 0 radical (unpaired) electrons. The number of aromatic nitrogens is 3. The molecule has 0 aliphatic rings. The first-order chi connectivity index (χ1) is 9.20. The molecule has 7 heteroatoms. The number of nitrogens with zero attached hydrogens (tertiary/aromatic N) is 4. The van der Waals surface area contributed by atoms with Crippen LogP contribution in [-0.2, 0) is 6.42 Å². The number of unbranched alkanes of at least 4 members (excludes halogenated alkanes) is 1. The summed E-state index contributed by atoms with van der Waals surface area (Å²) in [5.41, 5.74) is 1.62. The van der Waals surface area contributed by atoms with E-state index in [1.54, 1.807) is 23.0 Å². The average Bonchev–Trinajstić information content (AvgIpc) is 2.88. The predicted octanol–water partition coefficient (Wildman–Crippen LogP) is 1.49. The minimum Gasteiger partial charge on any atom is -0.396 e. The SMILES string of the molecule is O=[N+]([O-])c1ccc(-n2cc(CCCCO)nn2)cc1. The molecule has 1 heterocycles. The normalized spacial score (nSPS) is 10.6. The number of benzene rings is 1. The molecule has 0 saturated heterocycles. The molecule has 0 fully saturated rings. The van der Waals surface area contributed by atoms with E-state index in [4.69, 9.17) is 5.11 Å². The average molecular weight is 262 g/mol. The maximum atomic E-state index is 10.5. The number of rotatable bonds is 6. The Bertz CT molecular complexity index is 550. The van der Waals surface area contributed by atoms with E-state index >= 15 is 0 Å². The van der Waals surface area contributed by atoms with Gasteiger partial charge in [0.2, 0.25) is 0 Å². The van der Waals surface area contributed by atoms with Crippen molar-refractivity contribution in [1.29, 1.82) is 0 Å². The molecule has 0 bridgehead atoms. The van der Waals surface area contributed by atoms with Gasteiger partial charge in [-0.05, 0) is 31.4 Å². The van der Waals surface area contributed by atoms with Crippen LogP contribution in [0.25, 0.3) is 5.69 Å². The zero-order valence-corrected chi connectivity index (χ0v) is 10.3. The van der Waals surface area contributed by atoms with Gasteiger partial charge in [0.1, 0.15) is 0 Å². The summed E-state index contributed by atoms with van der Waals surface area (Å²) in [5.74, 6) is 0. The van der Waals surface area contributed by atoms with E-state index in [0.29, 0.717) is 0 Å². The van der Waals surface area contributed by atoms with Gasteiger partial charge >= 0.3 is 0 Å². The molecule has 19 heavy (non-hydrogen) atoms. The van der Waals surface area contributed by atoms with Crippen molar-refractivity contribution in [3.05, 3.63) is 46.3 Å². The van der Waals surface area contributed by atoms with Crippen molar-refractivity contribution in [2.24, 2.45) is 0 Å². The Balaban J connectivity index is 2.07. The molecule has 1 aromatic heterocycles. The van der Waals surface area contributed by atoms with Gasteiger partial charge in [0.05, 0.1) is 22.5 Å². The van der Waals surface area contributed by atoms with Crippen LogP contribution < -0.4 is 0 Å². The van der Waals surface area contributed by atoms with E-state index in [9.17, 15) is 10.1 Å². The standard InChI is InChI=1S/C12H14N4O3/c17-8-2-1-3-10-9-15(14-13-10)11-4-6-12(7-5-11)16(18)19/h4-7,9,17H,1-3,8H2. The Morgan fingerprint density at radius 1 is 1.26 bits per heavy atom. The third kappa shape index (κ3) is 3.35. The fourth-order valence-corrected chi connectivity index (χ4v) is 1.68. The zero-order valence-electron chi connectivity index (χ0n) is 10.3. The molecule has 0 amide bonds. The number of non-ortho nitro benzene ring substituents is 1. The van der Waals surface area contributed by atoms with Crippen molar-refractivity contribution in [2.45, 2.75) is 19.3 Å². The number of aryl methyl sites for hydroxylation is 1. The van der Waals surface area contributed by atoms with Gasteiger partial charge in [-0.25, -0.2) is 4.68 Å². The van der Waals surface area contributed by atoms with Gasteiger partial charge in [-0.1, -0.05) is 5.21 Å². The molecule has 2 aromatic rings. The van der Waals surface area contributed by atoms with Gasteiger partial charge in [-0.2, -0.15) is 0 Å². The Labute approximate surface area is 109 Å². The van der Waals surface area contributed by atoms with Gasteiger partial charge < -0.3 is 5.11 Å². The van der Waals surface area contributed by atoms with Crippen molar-refractivity contribution < 1.29 is 10.0 Å². The highest BCUT2D eigenvalue weighted by molar-refractivity contribution is 5.40. The topological polar surface area (TPSA) is 94.1 Å². The summed E-state index contributed by atoms with van der Waals surface area (Å²) in [6, 6.07) is 6.12. The molecule has 1 N–H and O–H groups in total. The summed E-state index contributed by atoms with van der Waals surface area (Å²) in [7, 11) is 0. The van der Waals surface area contributed by atoms with Gasteiger partial charge in [-0.15, -0.1) is 5.10 Å². The van der Waals surface area contributed by atoms with Crippen molar-refractivity contribution in [3.8, 4) is 5.69 Å². The summed E-state index contributed by atoms with van der Waals surface area (Å²) >= 11 is 0. The molecule has 0 aliphatic heterocycles. The second-order valence-electron chi connectivity index (χ2n) is 4.11. The van der Waals surface area contributed by atoms with Crippen molar-refractivity contribution in [1.82, 2.24) is 15.0 Å². The lowest BCUT2D eigenvalue weighted by Crippen LogP contribution is -1.95. The third-order valence-electron chi connectivity index (χ3n) is 2.71. The van der Waals surface area contributed by atoms with Gasteiger partial charge in [0.15, 0.2) is 0 Å². The van der Waals surface area contributed by atoms with E-state index in [0.717, 1.165) is 30.6 Å². The molecule has 0 spiro atoms. The van der Waals surface area contributed by atoms with E-state index in [1.165, 1.54) is 12.1 Å². The molecular formula is C12H14N4O3. The molecule has 100 valence electrons. The number of aliphatic hydroxyl groups excluding tert-OH is 1. The lowest BCUT2D eigenvalue weighted by molar-refractivity contribution is -0.384. The minimum absolute atomic E-state index is 0.0482. The summed E-state index contributed by atoms with van der Waals surface area (Å²) in [6.07, 6.45) is 4.14. The van der Waals surface area contributed by atoms with Gasteiger partial charge in [0.25, 0.3) is 5.69 Å². The third-order valence-corrected chi connectivity index (χ3v) is 2.71. The Morgan fingerprint density at radius 2 is 2.00 bits per heavy atom. The first kappa shape index (κ1) is 13.2. The van der Waals surface area contributed by atoms with Crippen LogP contribution in [-0.4, -0.2) is 31.6 Å². The molecule has 1 aromatic carbocycles. The van der Waals surface area contributed by atoms with Crippen LogP contribution in [0.15, 0.2) is 30.5 Å². The van der Waals surface area contributed by atoms with Crippen LogP contribution in [0.5, 0.6) is 0 Å². The van der Waals surface area contributed by atoms with Gasteiger partial charge in [0, 0.05) is 18.7 Å². The van der Waals surface area contributed by atoms with Crippen LogP contribution in [0.3, 0.4) is 0 Å². The fraction of sp³-hybridized carbons (Fsp3) is 0.333. The first-order valence-electron chi connectivity index (χ1n) is 5.97. The summed E-state index contributed by atoms with van der Waals surface area (Å²) < 4.78 is 1.58. The monoisotopic (exact) mass is 262 g/mol. The predicted molar refractivity (Wildman–Crippen MR) is 68.0 cm³/mol. The number of hydrogen-bond acceptors (Lipinski definition) is 5. The van der Waals surface area contributed by atoms with Crippen LogP contribution in [0.2, 0.25) is 0 Å². The lowest BCUT2D eigenvalue weighted by atomic mass is 10.2. The molecule has 7 nitrogen and oxygen atoms in total.